The maximum absolute atomic E-state index is 13.7. The van der Waals surface area contributed by atoms with Gasteiger partial charge in [0.25, 0.3) is 5.91 Å². The lowest BCUT2D eigenvalue weighted by atomic mass is 10.0. The summed E-state index contributed by atoms with van der Waals surface area (Å²) >= 11 is 0. The van der Waals surface area contributed by atoms with Crippen molar-refractivity contribution in [2.24, 2.45) is 0 Å². The molecule has 140 valence electrons. The number of aromatic nitrogens is 1. The lowest BCUT2D eigenvalue weighted by Crippen LogP contribution is -2.13. The molecule has 1 amide bonds. The smallest absolute Gasteiger partial charge is 0.258 e. The molecule has 0 atom stereocenters. The van der Waals surface area contributed by atoms with Crippen LogP contribution >= 0.6 is 0 Å². The van der Waals surface area contributed by atoms with E-state index in [0.717, 1.165) is 16.7 Å². The third-order valence-electron chi connectivity index (χ3n) is 4.59. The summed E-state index contributed by atoms with van der Waals surface area (Å²) < 4.78 is 19.6. The van der Waals surface area contributed by atoms with E-state index in [0.29, 0.717) is 17.5 Å². The second-order valence-electron chi connectivity index (χ2n) is 6.91. The van der Waals surface area contributed by atoms with Gasteiger partial charge in [0.1, 0.15) is 11.3 Å². The van der Waals surface area contributed by atoms with E-state index in [2.05, 4.69) is 24.1 Å². The predicted octanol–water partition coefficient (Wildman–Crippen LogP) is 6.01. The largest absolute Gasteiger partial charge is 0.436 e. The summed E-state index contributed by atoms with van der Waals surface area (Å²) in [7, 11) is 0. The number of nitrogens with zero attached hydrogens (tertiary/aromatic N) is 1. The van der Waals surface area contributed by atoms with Crippen molar-refractivity contribution in [3.8, 4) is 11.5 Å². The van der Waals surface area contributed by atoms with E-state index in [1.807, 2.05) is 30.3 Å². The Morgan fingerprint density at radius 3 is 2.50 bits per heavy atom. The minimum absolute atomic E-state index is 0.00600. The van der Waals surface area contributed by atoms with Gasteiger partial charge in [0.05, 0.1) is 5.56 Å². The highest BCUT2D eigenvalue weighted by atomic mass is 19.1. The third-order valence-corrected chi connectivity index (χ3v) is 4.59. The summed E-state index contributed by atoms with van der Waals surface area (Å²) in [6.07, 6.45) is 0. The molecule has 0 spiro atoms. The van der Waals surface area contributed by atoms with Gasteiger partial charge in [-0.15, -0.1) is 0 Å². The number of anilines is 1. The van der Waals surface area contributed by atoms with Crippen LogP contribution in [0.2, 0.25) is 0 Å². The summed E-state index contributed by atoms with van der Waals surface area (Å²) in [5, 5.41) is 2.69. The lowest BCUT2D eigenvalue weighted by molar-refractivity contribution is 0.102. The summed E-state index contributed by atoms with van der Waals surface area (Å²) in [6, 6.07) is 19.0. The number of oxazole rings is 1. The first-order valence-electron chi connectivity index (χ1n) is 9.08. The highest BCUT2D eigenvalue weighted by Crippen LogP contribution is 2.27. The third kappa shape index (κ3) is 3.51. The lowest BCUT2D eigenvalue weighted by Gasteiger charge is -2.06. The number of fused-ring (bicyclic) bond motifs is 1. The molecule has 3 aromatic carbocycles. The highest BCUT2D eigenvalue weighted by Gasteiger charge is 2.13. The molecule has 1 aromatic heterocycles. The van der Waals surface area contributed by atoms with Crippen molar-refractivity contribution in [3.63, 3.8) is 0 Å². The van der Waals surface area contributed by atoms with Crippen molar-refractivity contribution in [3.05, 3.63) is 83.7 Å². The molecule has 4 nitrogen and oxygen atoms in total. The molecule has 0 saturated carbocycles. The van der Waals surface area contributed by atoms with Crippen molar-refractivity contribution in [2.45, 2.75) is 19.8 Å². The molecule has 4 aromatic rings. The van der Waals surface area contributed by atoms with Crippen LogP contribution in [0.3, 0.4) is 0 Å². The molecule has 0 fully saturated rings. The monoisotopic (exact) mass is 374 g/mol. The molecule has 1 N–H and O–H groups in total. The first-order valence-corrected chi connectivity index (χ1v) is 9.08. The van der Waals surface area contributed by atoms with Crippen molar-refractivity contribution in [1.82, 2.24) is 4.98 Å². The Labute approximate surface area is 162 Å². The summed E-state index contributed by atoms with van der Waals surface area (Å²) in [5.41, 5.74) is 4.13. The van der Waals surface area contributed by atoms with Gasteiger partial charge >= 0.3 is 0 Å². The Kier molecular flexibility index (Phi) is 4.65. The van der Waals surface area contributed by atoms with Crippen LogP contribution in [-0.4, -0.2) is 10.9 Å². The van der Waals surface area contributed by atoms with Gasteiger partial charge in [-0.2, -0.15) is 0 Å². The first-order chi connectivity index (χ1) is 13.5. The second kappa shape index (κ2) is 7.27. The van der Waals surface area contributed by atoms with Crippen LogP contribution in [-0.2, 0) is 0 Å². The second-order valence-corrected chi connectivity index (χ2v) is 6.91. The zero-order valence-electron chi connectivity index (χ0n) is 15.6. The molecular formula is C23H19FN2O2. The fourth-order valence-electron chi connectivity index (χ4n) is 2.97. The Bertz CT molecular complexity index is 1150. The van der Waals surface area contributed by atoms with Crippen LogP contribution in [0.25, 0.3) is 22.6 Å². The van der Waals surface area contributed by atoms with Gasteiger partial charge in [0, 0.05) is 11.3 Å². The van der Waals surface area contributed by atoms with Crippen molar-refractivity contribution < 1.29 is 13.6 Å². The zero-order chi connectivity index (χ0) is 19.7. The van der Waals surface area contributed by atoms with Gasteiger partial charge in [-0.25, -0.2) is 9.37 Å². The van der Waals surface area contributed by atoms with E-state index in [1.54, 1.807) is 24.3 Å². The van der Waals surface area contributed by atoms with E-state index in [-0.39, 0.29) is 5.56 Å². The normalized spacial score (nSPS) is 11.1. The van der Waals surface area contributed by atoms with E-state index in [9.17, 15) is 9.18 Å². The Hall–Kier alpha value is -3.47. The fraction of sp³-hybridized carbons (Fsp3) is 0.130. The molecule has 1 heterocycles. The number of carbonyl (C=O) groups is 1. The maximum atomic E-state index is 13.7. The number of hydrogen-bond acceptors (Lipinski definition) is 3. The molecule has 0 aliphatic rings. The van der Waals surface area contributed by atoms with Crippen LogP contribution in [0.4, 0.5) is 10.1 Å². The number of halogens is 1. The van der Waals surface area contributed by atoms with Gasteiger partial charge in [0.2, 0.25) is 5.89 Å². The van der Waals surface area contributed by atoms with E-state index in [1.165, 1.54) is 17.7 Å². The Balaban J connectivity index is 1.55. The average molecular weight is 374 g/mol. The molecule has 5 heteroatoms. The fourth-order valence-corrected chi connectivity index (χ4v) is 2.97. The Morgan fingerprint density at radius 2 is 1.79 bits per heavy atom. The number of carbonyl (C=O) groups excluding carboxylic acids is 1. The molecule has 0 aliphatic carbocycles. The first kappa shape index (κ1) is 17.9. The molecule has 0 saturated heterocycles. The number of rotatable bonds is 4. The van der Waals surface area contributed by atoms with Crippen LogP contribution < -0.4 is 5.32 Å². The average Bonchev–Trinajstić information content (AvgIpc) is 3.12. The summed E-state index contributed by atoms with van der Waals surface area (Å²) in [4.78, 5) is 16.8. The van der Waals surface area contributed by atoms with Crippen molar-refractivity contribution in [2.75, 3.05) is 5.32 Å². The van der Waals surface area contributed by atoms with Crippen LogP contribution in [0.15, 0.2) is 71.1 Å². The van der Waals surface area contributed by atoms with Gasteiger partial charge in [-0.1, -0.05) is 32.0 Å². The van der Waals surface area contributed by atoms with Gasteiger partial charge in [-0.05, 0) is 60.0 Å². The van der Waals surface area contributed by atoms with E-state index in [4.69, 9.17) is 4.42 Å². The quantitative estimate of drug-likeness (QED) is 0.476. The molecule has 0 bridgehead atoms. The molecule has 0 aliphatic heterocycles. The number of hydrogen-bond donors (Lipinski definition) is 1. The minimum atomic E-state index is -0.552. The number of amides is 1. The number of benzene rings is 3. The van der Waals surface area contributed by atoms with Gasteiger partial charge in [0.15, 0.2) is 5.58 Å². The van der Waals surface area contributed by atoms with Crippen molar-refractivity contribution in [1.29, 1.82) is 0 Å². The minimum Gasteiger partial charge on any atom is -0.436 e. The molecule has 28 heavy (non-hydrogen) atoms. The van der Waals surface area contributed by atoms with Gasteiger partial charge < -0.3 is 9.73 Å². The molecule has 0 radical (unpaired) electrons. The van der Waals surface area contributed by atoms with Crippen molar-refractivity contribution >= 4 is 22.7 Å². The van der Waals surface area contributed by atoms with E-state index >= 15 is 0 Å². The van der Waals surface area contributed by atoms with Gasteiger partial charge in [-0.3, -0.25) is 4.79 Å². The molecule has 4 rings (SSSR count). The highest BCUT2D eigenvalue weighted by molar-refractivity contribution is 6.04. The van der Waals surface area contributed by atoms with Crippen LogP contribution in [0.1, 0.15) is 35.7 Å². The predicted molar refractivity (Wildman–Crippen MR) is 108 cm³/mol. The van der Waals surface area contributed by atoms with E-state index < -0.39 is 11.7 Å². The topological polar surface area (TPSA) is 55.1 Å². The maximum Gasteiger partial charge on any atom is 0.258 e. The molecule has 0 unspecified atom stereocenters. The summed E-state index contributed by atoms with van der Waals surface area (Å²) in [6.45, 7) is 4.27. The molecular weight excluding hydrogens is 355 g/mol. The zero-order valence-corrected chi connectivity index (χ0v) is 15.6. The summed E-state index contributed by atoms with van der Waals surface area (Å²) in [5.74, 6) is -0.109. The van der Waals surface area contributed by atoms with Crippen LogP contribution in [0, 0.1) is 5.82 Å². The number of nitrogens with one attached hydrogen (secondary N) is 1. The SMILES string of the molecule is CC(C)c1ccc2oc(-c3ccc(NC(=O)c4ccccc4F)cc3)nc2c1. The standard InChI is InChI=1S/C23H19FN2O2/c1-14(2)16-9-12-21-20(13-16)26-23(28-21)15-7-10-17(11-8-15)25-22(27)18-5-3-4-6-19(18)24/h3-14H,1-2H3,(H,25,27). The Morgan fingerprint density at radius 1 is 1.04 bits per heavy atom. The van der Waals surface area contributed by atoms with Crippen LogP contribution in [0.5, 0.6) is 0 Å².